The molecule has 172 valence electrons. The maximum Gasteiger partial charge on any atom is 0.322 e. The number of carbonyl (C=O) groups excluding carboxylic acids is 2. The Balaban J connectivity index is 1.50. The Morgan fingerprint density at radius 3 is 2.42 bits per heavy atom. The summed E-state index contributed by atoms with van der Waals surface area (Å²) in [6.45, 7) is 2.01. The van der Waals surface area contributed by atoms with Crippen molar-refractivity contribution in [3.8, 4) is 0 Å². The van der Waals surface area contributed by atoms with Gasteiger partial charge < -0.3 is 25.2 Å². The van der Waals surface area contributed by atoms with E-state index in [1.54, 1.807) is 37.4 Å². The largest absolute Gasteiger partial charge is 0.380 e. The summed E-state index contributed by atoms with van der Waals surface area (Å²) in [5.41, 5.74) is 3.30. The number of ether oxygens (including phenoxy) is 1. The maximum absolute atomic E-state index is 14.8. The molecule has 2 aliphatic rings. The lowest BCUT2D eigenvalue weighted by molar-refractivity contribution is -0.119. The van der Waals surface area contributed by atoms with Gasteiger partial charge in [-0.2, -0.15) is 0 Å². The van der Waals surface area contributed by atoms with Gasteiger partial charge >= 0.3 is 6.03 Å². The highest BCUT2D eigenvalue weighted by atomic mass is 19.1. The van der Waals surface area contributed by atoms with Gasteiger partial charge in [-0.3, -0.25) is 4.79 Å². The van der Waals surface area contributed by atoms with Gasteiger partial charge in [0, 0.05) is 38.9 Å². The smallest absolute Gasteiger partial charge is 0.322 e. The third-order valence-corrected chi connectivity index (χ3v) is 6.39. The fourth-order valence-corrected chi connectivity index (χ4v) is 4.37. The molecule has 2 heterocycles. The molecule has 0 spiro atoms. The quantitative estimate of drug-likeness (QED) is 0.699. The topological polar surface area (TPSA) is 73.9 Å². The van der Waals surface area contributed by atoms with Gasteiger partial charge in [0.2, 0.25) is 5.91 Å². The number of methoxy groups -OCH3 is 1. The van der Waals surface area contributed by atoms with E-state index < -0.39 is 23.8 Å². The van der Waals surface area contributed by atoms with E-state index >= 15 is 0 Å². The summed E-state index contributed by atoms with van der Waals surface area (Å²) < 4.78 is 20.2. The van der Waals surface area contributed by atoms with Gasteiger partial charge in [0.05, 0.1) is 11.8 Å². The Morgan fingerprint density at radius 2 is 1.76 bits per heavy atom. The SMILES string of the molecule is [B]c1ccc(NC(=O)N2CC(OC)CC2C(=O)Nc2cc3c(cc2F)CCN(C)CC3)cc1. The summed E-state index contributed by atoms with van der Waals surface area (Å²) in [6, 6.07) is 8.77. The van der Waals surface area contributed by atoms with E-state index in [0.717, 1.165) is 37.1 Å². The molecule has 2 aromatic carbocycles. The second-order valence-corrected chi connectivity index (χ2v) is 8.71. The third kappa shape index (κ3) is 5.37. The van der Waals surface area contributed by atoms with E-state index in [9.17, 15) is 14.0 Å². The predicted octanol–water partition coefficient (Wildman–Crippen LogP) is 1.91. The molecule has 0 saturated carbocycles. The summed E-state index contributed by atoms with van der Waals surface area (Å²) in [6.07, 6.45) is 1.61. The lowest BCUT2D eigenvalue weighted by Gasteiger charge is -2.24. The fourth-order valence-electron chi connectivity index (χ4n) is 4.37. The summed E-state index contributed by atoms with van der Waals surface area (Å²) in [4.78, 5) is 29.7. The first-order valence-electron chi connectivity index (χ1n) is 11.1. The lowest BCUT2D eigenvalue weighted by Crippen LogP contribution is -2.45. The van der Waals surface area contributed by atoms with Crippen LogP contribution in [0.25, 0.3) is 0 Å². The first-order valence-corrected chi connectivity index (χ1v) is 11.1. The van der Waals surface area contributed by atoms with E-state index in [1.165, 1.54) is 11.0 Å². The molecule has 0 bridgehead atoms. The minimum Gasteiger partial charge on any atom is -0.380 e. The van der Waals surface area contributed by atoms with Crippen molar-refractivity contribution in [3.63, 3.8) is 0 Å². The van der Waals surface area contributed by atoms with Gasteiger partial charge in [-0.1, -0.05) is 17.6 Å². The van der Waals surface area contributed by atoms with Crippen LogP contribution in [0.2, 0.25) is 0 Å². The number of anilines is 2. The molecule has 2 unspecified atom stereocenters. The van der Waals surface area contributed by atoms with Crippen LogP contribution in [0.3, 0.4) is 0 Å². The van der Waals surface area contributed by atoms with E-state index in [-0.39, 0.29) is 18.3 Å². The van der Waals surface area contributed by atoms with Crippen LogP contribution < -0.4 is 16.1 Å². The number of hydrogen-bond acceptors (Lipinski definition) is 4. The number of carbonyl (C=O) groups is 2. The second kappa shape index (κ2) is 9.93. The van der Waals surface area contributed by atoms with Crippen molar-refractivity contribution in [1.29, 1.82) is 0 Å². The Kier molecular flexibility index (Phi) is 7.00. The summed E-state index contributed by atoms with van der Waals surface area (Å²) >= 11 is 0. The molecule has 2 radical (unpaired) electrons. The Labute approximate surface area is 194 Å². The van der Waals surface area contributed by atoms with Gasteiger partial charge in [0.25, 0.3) is 0 Å². The van der Waals surface area contributed by atoms with Gasteiger partial charge in [-0.05, 0) is 55.3 Å². The van der Waals surface area contributed by atoms with Gasteiger partial charge in [-0.15, -0.1) is 0 Å². The maximum atomic E-state index is 14.8. The van der Waals surface area contributed by atoms with Crippen LogP contribution in [0, 0.1) is 5.82 Å². The molecule has 2 aromatic rings. The lowest BCUT2D eigenvalue weighted by atomic mass is 9.96. The minimum absolute atomic E-state index is 0.142. The number of fused-ring (bicyclic) bond motifs is 1. The third-order valence-electron chi connectivity index (χ3n) is 6.39. The molecule has 0 aliphatic carbocycles. The van der Waals surface area contributed by atoms with Gasteiger partial charge in [-0.25, -0.2) is 9.18 Å². The number of hydrogen-bond donors (Lipinski definition) is 2. The van der Waals surface area contributed by atoms with E-state index in [0.29, 0.717) is 17.6 Å². The van der Waals surface area contributed by atoms with Crippen LogP contribution in [0.15, 0.2) is 36.4 Å². The molecule has 9 heteroatoms. The zero-order chi connectivity index (χ0) is 23.5. The van der Waals surface area contributed by atoms with Crippen molar-refractivity contribution in [2.75, 3.05) is 44.4 Å². The molecule has 4 rings (SSSR count). The Bertz CT molecular complexity index is 1030. The van der Waals surface area contributed by atoms with Crippen molar-refractivity contribution < 1.29 is 18.7 Å². The van der Waals surface area contributed by atoms with Crippen LogP contribution in [-0.2, 0) is 22.4 Å². The van der Waals surface area contributed by atoms with Crippen LogP contribution in [0.4, 0.5) is 20.6 Å². The summed E-state index contributed by atoms with van der Waals surface area (Å²) in [7, 11) is 9.28. The van der Waals surface area contributed by atoms with Crippen LogP contribution in [-0.4, -0.2) is 75.5 Å². The molecule has 1 saturated heterocycles. The number of benzene rings is 2. The highest BCUT2D eigenvalue weighted by molar-refractivity contribution is 6.32. The zero-order valence-electron chi connectivity index (χ0n) is 18.9. The molecule has 2 atom stereocenters. The van der Waals surface area contributed by atoms with E-state index in [4.69, 9.17) is 12.6 Å². The number of rotatable bonds is 4. The fraction of sp³-hybridized carbons (Fsp3) is 0.417. The molecule has 3 amide bonds. The summed E-state index contributed by atoms with van der Waals surface area (Å²) in [5.74, 6) is -0.905. The van der Waals surface area contributed by atoms with Gasteiger partial charge in [0.15, 0.2) is 0 Å². The molecular weight excluding hydrogens is 422 g/mol. The molecular formula is C24H28BFN4O3. The number of urea groups is 1. The molecule has 33 heavy (non-hydrogen) atoms. The normalized spacial score (nSPS) is 20.8. The number of likely N-dealkylation sites (N-methyl/N-ethyl adjacent to an activating group) is 1. The number of nitrogens with zero attached hydrogens (tertiary/aromatic N) is 2. The van der Waals surface area contributed by atoms with Crippen molar-refractivity contribution in [3.05, 3.63) is 53.3 Å². The van der Waals surface area contributed by atoms with Crippen LogP contribution in [0.5, 0.6) is 0 Å². The van der Waals surface area contributed by atoms with Crippen molar-refractivity contribution >= 4 is 36.6 Å². The number of halogens is 1. The predicted molar refractivity (Wildman–Crippen MR) is 127 cm³/mol. The first kappa shape index (κ1) is 23.3. The van der Waals surface area contributed by atoms with E-state index in [1.807, 2.05) is 7.05 Å². The first-order chi connectivity index (χ1) is 15.8. The molecule has 2 N–H and O–H groups in total. The van der Waals surface area contributed by atoms with Crippen molar-refractivity contribution in [2.45, 2.75) is 31.4 Å². The van der Waals surface area contributed by atoms with Crippen molar-refractivity contribution in [2.24, 2.45) is 0 Å². The molecule has 2 aliphatic heterocycles. The standard InChI is InChI=1S/C24H28BFN4O3/c1-29-9-7-15-11-20(26)21(12-16(15)8-10-29)28-23(31)22-13-19(33-2)14-30(22)24(32)27-18-5-3-17(25)4-6-18/h3-6,11-12,19,22H,7-10,13-14H2,1-2H3,(H,27,32)(H,28,31). The Morgan fingerprint density at radius 1 is 1.09 bits per heavy atom. The van der Waals surface area contributed by atoms with Crippen LogP contribution >= 0.6 is 0 Å². The molecule has 0 aromatic heterocycles. The average molecular weight is 450 g/mol. The number of likely N-dealkylation sites (tertiary alicyclic amines) is 1. The second-order valence-electron chi connectivity index (χ2n) is 8.71. The highest BCUT2D eigenvalue weighted by Crippen LogP contribution is 2.26. The summed E-state index contributed by atoms with van der Waals surface area (Å²) in [5, 5.41) is 5.50. The van der Waals surface area contributed by atoms with Crippen molar-refractivity contribution in [1.82, 2.24) is 9.80 Å². The average Bonchev–Trinajstić information content (AvgIpc) is 3.16. The highest BCUT2D eigenvalue weighted by Gasteiger charge is 2.40. The number of nitrogens with one attached hydrogen (secondary N) is 2. The van der Waals surface area contributed by atoms with Gasteiger partial charge in [0.1, 0.15) is 19.7 Å². The van der Waals surface area contributed by atoms with Crippen LogP contribution in [0.1, 0.15) is 17.5 Å². The number of amides is 3. The zero-order valence-corrected chi connectivity index (χ0v) is 18.9. The monoisotopic (exact) mass is 450 g/mol. The molecule has 1 fully saturated rings. The molecule has 7 nitrogen and oxygen atoms in total. The Hall–Kier alpha value is -2.91. The minimum atomic E-state index is -0.784. The van der Waals surface area contributed by atoms with E-state index in [2.05, 4.69) is 15.5 Å².